The quantitative estimate of drug-likeness (QED) is 0.696. The Labute approximate surface area is 99.3 Å². The predicted octanol–water partition coefficient (Wildman–Crippen LogP) is 4.13. The maximum atomic E-state index is 11.9. The van der Waals surface area contributed by atoms with E-state index < -0.39 is 0 Å². The molecule has 2 rings (SSSR count). The standard InChI is InChI=1S/C15H24O/c1-5-6-7-11-14(15(11,3)4)13-10(2)8-9-12(13)16/h11,14H,5-9H2,1-4H3/t11-,14-/m1/s1. The molecule has 1 nitrogen and oxygen atoms in total. The first kappa shape index (κ1) is 11.9. The SMILES string of the molecule is CCCC[C@@H]1[C@H](C2=C(C)CCC2=O)C1(C)C. The van der Waals surface area contributed by atoms with Gasteiger partial charge < -0.3 is 0 Å². The number of carbonyl (C=O) groups is 1. The summed E-state index contributed by atoms with van der Waals surface area (Å²) in [5, 5.41) is 0. The van der Waals surface area contributed by atoms with E-state index in [1.165, 1.54) is 30.4 Å². The first-order valence-corrected chi connectivity index (χ1v) is 6.73. The number of Topliss-reactive ketones (excluding diaryl/α,β-unsaturated/α-hetero) is 1. The third-order valence-electron chi connectivity index (χ3n) is 4.72. The summed E-state index contributed by atoms with van der Waals surface area (Å²) in [5.74, 6) is 1.78. The average Bonchev–Trinajstić information content (AvgIpc) is 2.57. The summed E-state index contributed by atoms with van der Waals surface area (Å²) in [4.78, 5) is 11.9. The number of carbonyl (C=O) groups excluding carboxylic acids is 1. The Morgan fingerprint density at radius 2 is 2.00 bits per heavy atom. The molecule has 16 heavy (non-hydrogen) atoms. The van der Waals surface area contributed by atoms with Gasteiger partial charge in [-0.25, -0.2) is 0 Å². The molecule has 0 aromatic rings. The lowest BCUT2D eigenvalue weighted by atomic mass is 10.00. The highest BCUT2D eigenvalue weighted by atomic mass is 16.1. The van der Waals surface area contributed by atoms with Gasteiger partial charge in [0.2, 0.25) is 0 Å². The summed E-state index contributed by atoms with van der Waals surface area (Å²) in [6, 6.07) is 0. The normalized spacial score (nSPS) is 32.4. The van der Waals surface area contributed by atoms with Crippen LogP contribution >= 0.6 is 0 Å². The number of rotatable bonds is 4. The minimum atomic E-state index is 0.381. The van der Waals surface area contributed by atoms with Gasteiger partial charge in [0.1, 0.15) is 0 Å². The smallest absolute Gasteiger partial charge is 0.159 e. The second-order valence-electron chi connectivity index (χ2n) is 6.16. The second-order valence-corrected chi connectivity index (χ2v) is 6.16. The highest BCUT2D eigenvalue weighted by Gasteiger charge is 2.60. The van der Waals surface area contributed by atoms with E-state index in [2.05, 4.69) is 27.7 Å². The monoisotopic (exact) mass is 220 g/mol. The van der Waals surface area contributed by atoms with Crippen molar-refractivity contribution in [3.63, 3.8) is 0 Å². The van der Waals surface area contributed by atoms with Crippen LogP contribution in [0.2, 0.25) is 0 Å². The number of hydrogen-bond donors (Lipinski definition) is 0. The minimum absolute atomic E-state index is 0.381. The fraction of sp³-hybridized carbons (Fsp3) is 0.800. The average molecular weight is 220 g/mol. The summed E-state index contributed by atoms with van der Waals surface area (Å²) >= 11 is 0. The van der Waals surface area contributed by atoms with Gasteiger partial charge in [-0.2, -0.15) is 0 Å². The Balaban J connectivity index is 2.12. The molecule has 0 unspecified atom stereocenters. The highest BCUT2D eigenvalue weighted by Crippen LogP contribution is 2.65. The molecule has 90 valence electrons. The van der Waals surface area contributed by atoms with E-state index in [-0.39, 0.29) is 0 Å². The zero-order valence-corrected chi connectivity index (χ0v) is 11.1. The molecule has 2 aliphatic rings. The number of unbranched alkanes of at least 4 members (excludes halogenated alkanes) is 1. The first-order valence-electron chi connectivity index (χ1n) is 6.73. The Morgan fingerprint density at radius 1 is 1.31 bits per heavy atom. The molecule has 0 spiro atoms. The van der Waals surface area contributed by atoms with Gasteiger partial charge in [-0.1, -0.05) is 39.2 Å². The first-order chi connectivity index (χ1) is 7.50. The molecule has 0 N–H and O–H groups in total. The van der Waals surface area contributed by atoms with Crippen molar-refractivity contribution in [3.05, 3.63) is 11.1 Å². The Morgan fingerprint density at radius 3 is 2.50 bits per heavy atom. The van der Waals surface area contributed by atoms with Crippen molar-refractivity contribution < 1.29 is 4.79 Å². The summed E-state index contributed by atoms with van der Waals surface area (Å²) in [6.07, 6.45) is 5.67. The minimum Gasteiger partial charge on any atom is -0.295 e. The van der Waals surface area contributed by atoms with Crippen LogP contribution < -0.4 is 0 Å². The van der Waals surface area contributed by atoms with Crippen LogP contribution in [-0.4, -0.2) is 5.78 Å². The van der Waals surface area contributed by atoms with E-state index in [1.54, 1.807) is 0 Å². The van der Waals surface area contributed by atoms with Crippen molar-refractivity contribution in [2.75, 3.05) is 0 Å². The lowest BCUT2D eigenvalue weighted by Gasteiger charge is -2.04. The molecule has 0 heterocycles. The predicted molar refractivity (Wildman–Crippen MR) is 67.2 cm³/mol. The fourth-order valence-electron chi connectivity index (χ4n) is 3.53. The zero-order chi connectivity index (χ0) is 11.9. The van der Waals surface area contributed by atoms with Gasteiger partial charge in [-0.05, 0) is 42.6 Å². The molecule has 0 aromatic heterocycles. The van der Waals surface area contributed by atoms with Crippen LogP contribution in [0.4, 0.5) is 0 Å². The van der Waals surface area contributed by atoms with Gasteiger partial charge in [-0.15, -0.1) is 0 Å². The summed E-state index contributed by atoms with van der Waals surface area (Å²) in [5.41, 5.74) is 2.97. The zero-order valence-electron chi connectivity index (χ0n) is 11.1. The van der Waals surface area contributed by atoms with Crippen molar-refractivity contribution in [1.29, 1.82) is 0 Å². The lowest BCUT2D eigenvalue weighted by Crippen LogP contribution is -2.02. The van der Waals surface area contributed by atoms with E-state index in [9.17, 15) is 4.79 Å². The van der Waals surface area contributed by atoms with Crippen molar-refractivity contribution in [2.45, 2.75) is 59.8 Å². The van der Waals surface area contributed by atoms with Crippen molar-refractivity contribution >= 4 is 5.78 Å². The van der Waals surface area contributed by atoms with Gasteiger partial charge >= 0.3 is 0 Å². The maximum absolute atomic E-state index is 11.9. The molecule has 0 amide bonds. The van der Waals surface area contributed by atoms with Crippen molar-refractivity contribution in [1.82, 2.24) is 0 Å². The van der Waals surface area contributed by atoms with E-state index >= 15 is 0 Å². The van der Waals surface area contributed by atoms with Crippen LogP contribution in [0.5, 0.6) is 0 Å². The maximum Gasteiger partial charge on any atom is 0.159 e. The summed E-state index contributed by atoms with van der Waals surface area (Å²) < 4.78 is 0. The molecule has 2 atom stereocenters. The van der Waals surface area contributed by atoms with E-state index in [0.717, 1.165) is 18.8 Å². The molecule has 1 saturated carbocycles. The van der Waals surface area contributed by atoms with Crippen LogP contribution in [0.25, 0.3) is 0 Å². The molecule has 1 heteroatoms. The third kappa shape index (κ3) is 1.74. The summed E-state index contributed by atoms with van der Waals surface area (Å²) in [6.45, 7) is 9.08. The molecule has 0 bridgehead atoms. The molecule has 0 aromatic carbocycles. The Hall–Kier alpha value is -0.590. The molecule has 0 aliphatic heterocycles. The van der Waals surface area contributed by atoms with Crippen LogP contribution in [0, 0.1) is 17.3 Å². The van der Waals surface area contributed by atoms with Gasteiger partial charge in [-0.3, -0.25) is 4.79 Å². The topological polar surface area (TPSA) is 17.1 Å². The number of hydrogen-bond acceptors (Lipinski definition) is 1. The Kier molecular flexibility index (Phi) is 2.98. The van der Waals surface area contributed by atoms with Crippen LogP contribution in [-0.2, 0) is 4.79 Å². The highest BCUT2D eigenvalue weighted by molar-refractivity contribution is 5.99. The molecule has 0 radical (unpaired) electrons. The van der Waals surface area contributed by atoms with Crippen LogP contribution in [0.15, 0.2) is 11.1 Å². The molecular weight excluding hydrogens is 196 g/mol. The van der Waals surface area contributed by atoms with Crippen molar-refractivity contribution in [3.8, 4) is 0 Å². The Bertz CT molecular complexity index is 335. The van der Waals surface area contributed by atoms with Gasteiger partial charge in [0, 0.05) is 6.42 Å². The van der Waals surface area contributed by atoms with E-state index in [4.69, 9.17) is 0 Å². The lowest BCUT2D eigenvalue weighted by molar-refractivity contribution is -0.115. The van der Waals surface area contributed by atoms with E-state index in [0.29, 0.717) is 17.1 Å². The van der Waals surface area contributed by atoms with Gasteiger partial charge in [0.05, 0.1) is 0 Å². The van der Waals surface area contributed by atoms with E-state index in [1.807, 2.05) is 0 Å². The largest absolute Gasteiger partial charge is 0.295 e. The van der Waals surface area contributed by atoms with Crippen LogP contribution in [0.3, 0.4) is 0 Å². The molecule has 1 fully saturated rings. The number of ketones is 1. The third-order valence-corrected chi connectivity index (χ3v) is 4.72. The fourth-order valence-corrected chi connectivity index (χ4v) is 3.53. The second kappa shape index (κ2) is 4.01. The van der Waals surface area contributed by atoms with Gasteiger partial charge in [0.15, 0.2) is 5.78 Å². The number of allylic oxidation sites excluding steroid dienone is 2. The summed E-state index contributed by atoms with van der Waals surface area (Å²) in [7, 11) is 0. The molecular formula is C15H24O. The molecule has 0 saturated heterocycles. The molecule has 2 aliphatic carbocycles. The van der Waals surface area contributed by atoms with Crippen LogP contribution in [0.1, 0.15) is 59.8 Å². The van der Waals surface area contributed by atoms with Gasteiger partial charge in [0.25, 0.3) is 0 Å². The van der Waals surface area contributed by atoms with Crippen molar-refractivity contribution in [2.24, 2.45) is 17.3 Å².